The molecular formula is C16H21N3OS. The molecule has 2 aromatic rings. The summed E-state index contributed by atoms with van der Waals surface area (Å²) in [5.74, 6) is 0.0603. The van der Waals surface area contributed by atoms with Gasteiger partial charge in [0.15, 0.2) is 0 Å². The predicted octanol–water partition coefficient (Wildman–Crippen LogP) is 2.70. The Morgan fingerprint density at radius 1 is 1.33 bits per heavy atom. The van der Waals surface area contributed by atoms with Crippen molar-refractivity contribution in [2.24, 2.45) is 5.73 Å². The van der Waals surface area contributed by atoms with Gasteiger partial charge in [0, 0.05) is 42.7 Å². The first-order chi connectivity index (χ1) is 10.1. The Hall–Kier alpha value is -1.72. The molecule has 0 unspecified atom stereocenters. The number of hydrogen-bond acceptors (Lipinski definition) is 4. The van der Waals surface area contributed by atoms with Crippen LogP contribution in [0.25, 0.3) is 0 Å². The van der Waals surface area contributed by atoms with Gasteiger partial charge in [-0.25, -0.2) is 4.98 Å². The molecule has 0 radical (unpaired) electrons. The van der Waals surface area contributed by atoms with E-state index in [4.69, 9.17) is 5.73 Å². The first-order valence-electron chi connectivity index (χ1n) is 7.10. The molecule has 0 aliphatic heterocycles. The van der Waals surface area contributed by atoms with Crippen molar-refractivity contribution in [1.82, 2.24) is 9.88 Å². The van der Waals surface area contributed by atoms with E-state index in [1.165, 1.54) is 0 Å². The molecule has 1 aromatic heterocycles. The van der Waals surface area contributed by atoms with Crippen LogP contribution < -0.4 is 5.73 Å². The third-order valence-electron chi connectivity index (χ3n) is 3.37. The SMILES string of the molecule is CC(C)N(CCc1nccs1)C(=O)c1ccc(CN)cc1. The summed E-state index contributed by atoms with van der Waals surface area (Å²) in [4.78, 5) is 18.8. The maximum atomic E-state index is 12.6. The summed E-state index contributed by atoms with van der Waals surface area (Å²) in [7, 11) is 0. The molecule has 2 N–H and O–H groups in total. The summed E-state index contributed by atoms with van der Waals surface area (Å²) in [6, 6.07) is 7.68. The van der Waals surface area contributed by atoms with Crippen LogP contribution in [0, 0.1) is 0 Å². The number of hydrogen-bond donors (Lipinski definition) is 1. The maximum Gasteiger partial charge on any atom is 0.254 e. The molecule has 0 spiro atoms. The smallest absolute Gasteiger partial charge is 0.254 e. The number of benzene rings is 1. The van der Waals surface area contributed by atoms with Crippen LogP contribution in [0.3, 0.4) is 0 Å². The van der Waals surface area contributed by atoms with Crippen LogP contribution in [0.15, 0.2) is 35.8 Å². The summed E-state index contributed by atoms with van der Waals surface area (Å²) in [5.41, 5.74) is 7.33. The quantitative estimate of drug-likeness (QED) is 0.892. The van der Waals surface area contributed by atoms with Crippen molar-refractivity contribution in [3.05, 3.63) is 52.0 Å². The second kappa shape index (κ2) is 7.33. The molecule has 0 saturated heterocycles. The molecule has 5 heteroatoms. The van der Waals surface area contributed by atoms with Crippen LogP contribution in [0.4, 0.5) is 0 Å². The molecular weight excluding hydrogens is 282 g/mol. The van der Waals surface area contributed by atoms with E-state index in [0.29, 0.717) is 18.7 Å². The summed E-state index contributed by atoms with van der Waals surface area (Å²) >= 11 is 1.63. The lowest BCUT2D eigenvalue weighted by Crippen LogP contribution is -2.38. The lowest BCUT2D eigenvalue weighted by Gasteiger charge is -2.26. The van der Waals surface area contributed by atoms with E-state index in [1.807, 2.05) is 48.4 Å². The van der Waals surface area contributed by atoms with Crippen LogP contribution in [-0.4, -0.2) is 28.4 Å². The van der Waals surface area contributed by atoms with Crippen LogP contribution in [-0.2, 0) is 13.0 Å². The molecule has 21 heavy (non-hydrogen) atoms. The first kappa shape index (κ1) is 15.7. The molecule has 0 aliphatic rings. The largest absolute Gasteiger partial charge is 0.336 e. The Labute approximate surface area is 129 Å². The van der Waals surface area contributed by atoms with Crippen molar-refractivity contribution in [2.75, 3.05) is 6.54 Å². The lowest BCUT2D eigenvalue weighted by atomic mass is 10.1. The van der Waals surface area contributed by atoms with Crippen molar-refractivity contribution >= 4 is 17.2 Å². The second-order valence-corrected chi connectivity index (χ2v) is 6.15. The van der Waals surface area contributed by atoms with Gasteiger partial charge in [0.1, 0.15) is 0 Å². The number of nitrogens with two attached hydrogens (primary N) is 1. The Kier molecular flexibility index (Phi) is 5.47. The zero-order valence-electron chi connectivity index (χ0n) is 12.5. The molecule has 4 nitrogen and oxygen atoms in total. The Morgan fingerprint density at radius 2 is 2.05 bits per heavy atom. The first-order valence-corrected chi connectivity index (χ1v) is 7.98. The molecule has 1 amide bonds. The lowest BCUT2D eigenvalue weighted by molar-refractivity contribution is 0.0708. The minimum absolute atomic E-state index is 0.0603. The van der Waals surface area contributed by atoms with E-state index >= 15 is 0 Å². The number of amides is 1. The molecule has 112 valence electrons. The zero-order valence-corrected chi connectivity index (χ0v) is 13.3. The molecule has 0 bridgehead atoms. The highest BCUT2D eigenvalue weighted by atomic mass is 32.1. The fraction of sp³-hybridized carbons (Fsp3) is 0.375. The average molecular weight is 303 g/mol. The highest BCUT2D eigenvalue weighted by Crippen LogP contribution is 2.12. The van der Waals surface area contributed by atoms with Crippen molar-refractivity contribution < 1.29 is 4.79 Å². The number of rotatable bonds is 6. The van der Waals surface area contributed by atoms with Gasteiger partial charge in [-0.15, -0.1) is 11.3 Å². The molecule has 0 fully saturated rings. The van der Waals surface area contributed by atoms with Crippen molar-refractivity contribution in [2.45, 2.75) is 32.9 Å². The molecule has 0 saturated carbocycles. The van der Waals surface area contributed by atoms with E-state index < -0.39 is 0 Å². The van der Waals surface area contributed by atoms with Gasteiger partial charge >= 0.3 is 0 Å². The van der Waals surface area contributed by atoms with Crippen LogP contribution >= 0.6 is 11.3 Å². The Bertz CT molecular complexity index is 564. The predicted molar refractivity (Wildman–Crippen MR) is 86.3 cm³/mol. The summed E-state index contributed by atoms with van der Waals surface area (Å²) in [5, 5.41) is 3.02. The number of aromatic nitrogens is 1. The maximum absolute atomic E-state index is 12.6. The van der Waals surface area contributed by atoms with Gasteiger partial charge < -0.3 is 10.6 Å². The number of carbonyl (C=O) groups excluding carboxylic acids is 1. The molecule has 1 heterocycles. The van der Waals surface area contributed by atoms with Gasteiger partial charge in [0.25, 0.3) is 5.91 Å². The minimum Gasteiger partial charge on any atom is -0.336 e. The third kappa shape index (κ3) is 4.12. The van der Waals surface area contributed by atoms with Gasteiger partial charge in [-0.05, 0) is 31.5 Å². The number of thiazole rings is 1. The second-order valence-electron chi connectivity index (χ2n) is 5.17. The van der Waals surface area contributed by atoms with Crippen molar-refractivity contribution in [3.8, 4) is 0 Å². The summed E-state index contributed by atoms with van der Waals surface area (Å²) < 4.78 is 0. The third-order valence-corrected chi connectivity index (χ3v) is 4.21. The number of nitrogens with zero attached hydrogens (tertiary/aromatic N) is 2. The Morgan fingerprint density at radius 3 is 2.57 bits per heavy atom. The van der Waals surface area contributed by atoms with Gasteiger partial charge in [-0.3, -0.25) is 4.79 Å². The van der Waals surface area contributed by atoms with Crippen molar-refractivity contribution in [1.29, 1.82) is 0 Å². The summed E-state index contributed by atoms with van der Waals surface area (Å²) in [6.07, 6.45) is 2.59. The fourth-order valence-electron chi connectivity index (χ4n) is 2.14. The molecule has 0 aliphatic carbocycles. The van der Waals surface area contributed by atoms with Gasteiger partial charge in [-0.1, -0.05) is 12.1 Å². The van der Waals surface area contributed by atoms with Crippen molar-refractivity contribution in [3.63, 3.8) is 0 Å². The highest BCUT2D eigenvalue weighted by Gasteiger charge is 2.18. The number of carbonyl (C=O) groups is 1. The van der Waals surface area contributed by atoms with E-state index in [9.17, 15) is 4.79 Å². The monoisotopic (exact) mass is 303 g/mol. The van der Waals surface area contributed by atoms with Crippen LogP contribution in [0.5, 0.6) is 0 Å². The van der Waals surface area contributed by atoms with E-state index in [0.717, 1.165) is 17.0 Å². The molecule has 0 atom stereocenters. The Balaban J connectivity index is 2.07. The minimum atomic E-state index is 0.0603. The van der Waals surface area contributed by atoms with Gasteiger partial charge in [0.2, 0.25) is 0 Å². The molecule has 2 rings (SSSR count). The summed E-state index contributed by atoms with van der Waals surface area (Å²) in [6.45, 7) is 5.25. The van der Waals surface area contributed by atoms with Crippen LogP contribution in [0.2, 0.25) is 0 Å². The van der Waals surface area contributed by atoms with E-state index in [1.54, 1.807) is 17.5 Å². The average Bonchev–Trinajstić information content (AvgIpc) is 3.00. The van der Waals surface area contributed by atoms with Crippen LogP contribution in [0.1, 0.15) is 34.8 Å². The molecule has 1 aromatic carbocycles. The highest BCUT2D eigenvalue weighted by molar-refractivity contribution is 7.09. The topological polar surface area (TPSA) is 59.2 Å². The zero-order chi connectivity index (χ0) is 15.2. The van der Waals surface area contributed by atoms with Gasteiger partial charge in [-0.2, -0.15) is 0 Å². The normalized spacial score (nSPS) is 10.9. The van der Waals surface area contributed by atoms with Gasteiger partial charge in [0.05, 0.1) is 5.01 Å². The fourth-order valence-corrected chi connectivity index (χ4v) is 2.75. The van der Waals surface area contributed by atoms with E-state index in [-0.39, 0.29) is 11.9 Å². The van der Waals surface area contributed by atoms with E-state index in [2.05, 4.69) is 4.98 Å². The standard InChI is InChI=1S/C16H21N3OS/c1-12(2)19(9-7-15-18-8-10-21-15)16(20)14-5-3-13(11-17)4-6-14/h3-6,8,10,12H,7,9,11,17H2,1-2H3.